The van der Waals surface area contributed by atoms with Gasteiger partial charge in [0.05, 0.1) is 13.2 Å². The number of piperidine rings is 2. The highest BCUT2D eigenvalue weighted by molar-refractivity contribution is 5.41. The summed E-state index contributed by atoms with van der Waals surface area (Å²) in [5.41, 5.74) is 4.35. The van der Waals surface area contributed by atoms with E-state index in [0.29, 0.717) is 17.9 Å². The molecule has 0 radical (unpaired) electrons. The Balaban J connectivity index is 1.56. The minimum atomic E-state index is 0.166. The van der Waals surface area contributed by atoms with E-state index in [4.69, 9.17) is 4.74 Å². The van der Waals surface area contributed by atoms with Crippen LogP contribution in [0.5, 0.6) is 5.75 Å². The number of benzene rings is 2. The van der Waals surface area contributed by atoms with Crippen LogP contribution in [0.2, 0.25) is 0 Å². The first-order valence-electron chi connectivity index (χ1n) is 10.8. The van der Waals surface area contributed by atoms with Crippen molar-refractivity contribution in [3.05, 3.63) is 65.2 Å². The third-order valence-electron chi connectivity index (χ3n) is 6.83. The van der Waals surface area contributed by atoms with Crippen molar-refractivity contribution in [1.82, 2.24) is 10.6 Å². The lowest BCUT2D eigenvalue weighted by molar-refractivity contribution is 0.131. The quantitative estimate of drug-likeness (QED) is 0.772. The number of nitrogens with one attached hydrogen (secondary N) is 2. The molecule has 150 valence electrons. The van der Waals surface area contributed by atoms with Gasteiger partial charge in [-0.05, 0) is 60.9 Å². The zero-order valence-electron chi connectivity index (χ0n) is 17.5. The van der Waals surface area contributed by atoms with E-state index in [1.54, 1.807) is 7.11 Å². The van der Waals surface area contributed by atoms with E-state index >= 15 is 0 Å². The highest BCUT2D eigenvalue weighted by atomic mass is 16.5. The molecule has 2 aliphatic heterocycles. The van der Waals surface area contributed by atoms with Crippen molar-refractivity contribution in [2.24, 2.45) is 0 Å². The Bertz CT molecular complexity index is 778. The molecule has 3 atom stereocenters. The van der Waals surface area contributed by atoms with Gasteiger partial charge in [0.1, 0.15) is 5.75 Å². The summed E-state index contributed by atoms with van der Waals surface area (Å²) in [6.45, 7) is 6.65. The van der Waals surface area contributed by atoms with E-state index in [1.165, 1.54) is 42.4 Å². The Morgan fingerprint density at radius 2 is 1.89 bits per heavy atom. The maximum atomic E-state index is 5.72. The molecule has 4 rings (SSSR count). The standard InChI is InChI=1S/C25H34N2O/c1-18(2)20-10-11-23(28-3)22(16-20)21-12-14-25(27-17-21)13-7-15-26-24(25)19-8-5-4-6-9-19/h4-6,8-11,16,18,21,24,26-27H,7,12-15,17H2,1-3H3/t21-,24?,25-/m0/s1. The van der Waals surface area contributed by atoms with Crippen LogP contribution in [0, 0.1) is 0 Å². The number of methoxy groups -OCH3 is 1. The highest BCUT2D eigenvalue weighted by Gasteiger charge is 2.44. The van der Waals surface area contributed by atoms with E-state index in [2.05, 4.69) is 73.0 Å². The van der Waals surface area contributed by atoms with Gasteiger partial charge in [-0.2, -0.15) is 0 Å². The molecule has 28 heavy (non-hydrogen) atoms. The Labute approximate surface area is 169 Å². The fourth-order valence-electron chi connectivity index (χ4n) is 5.18. The number of hydrogen-bond acceptors (Lipinski definition) is 3. The van der Waals surface area contributed by atoms with Crippen molar-refractivity contribution < 1.29 is 4.74 Å². The fourth-order valence-corrected chi connectivity index (χ4v) is 5.18. The van der Waals surface area contributed by atoms with Gasteiger partial charge in [-0.15, -0.1) is 0 Å². The van der Waals surface area contributed by atoms with Crippen LogP contribution in [0.15, 0.2) is 48.5 Å². The molecule has 2 heterocycles. The Morgan fingerprint density at radius 3 is 2.57 bits per heavy atom. The normalized spacial score (nSPS) is 27.9. The summed E-state index contributed by atoms with van der Waals surface area (Å²) in [5.74, 6) is 2.09. The van der Waals surface area contributed by atoms with Gasteiger partial charge in [-0.3, -0.25) is 0 Å². The molecule has 2 aromatic rings. The zero-order valence-corrected chi connectivity index (χ0v) is 17.5. The molecule has 0 bridgehead atoms. The molecule has 1 spiro atoms. The summed E-state index contributed by atoms with van der Waals surface area (Å²) in [7, 11) is 1.79. The molecular formula is C25H34N2O. The van der Waals surface area contributed by atoms with E-state index < -0.39 is 0 Å². The van der Waals surface area contributed by atoms with Crippen LogP contribution in [0.3, 0.4) is 0 Å². The molecule has 2 saturated heterocycles. The van der Waals surface area contributed by atoms with Gasteiger partial charge in [-0.25, -0.2) is 0 Å². The second-order valence-electron chi connectivity index (χ2n) is 8.83. The van der Waals surface area contributed by atoms with E-state index in [0.717, 1.165) is 18.8 Å². The van der Waals surface area contributed by atoms with Gasteiger partial charge in [0.2, 0.25) is 0 Å². The van der Waals surface area contributed by atoms with Crippen LogP contribution < -0.4 is 15.4 Å². The van der Waals surface area contributed by atoms with Crippen molar-refractivity contribution in [2.45, 2.75) is 62.9 Å². The summed E-state index contributed by atoms with van der Waals surface area (Å²) in [6, 6.07) is 18.1. The second-order valence-corrected chi connectivity index (χ2v) is 8.83. The number of rotatable bonds is 4. The zero-order chi connectivity index (χ0) is 19.6. The van der Waals surface area contributed by atoms with Crippen LogP contribution in [-0.4, -0.2) is 25.7 Å². The predicted molar refractivity (Wildman–Crippen MR) is 116 cm³/mol. The minimum Gasteiger partial charge on any atom is -0.496 e. The van der Waals surface area contributed by atoms with Crippen molar-refractivity contribution in [2.75, 3.05) is 20.2 Å². The average Bonchev–Trinajstić information content (AvgIpc) is 2.75. The summed E-state index contributed by atoms with van der Waals surface area (Å²) in [4.78, 5) is 0. The largest absolute Gasteiger partial charge is 0.496 e. The monoisotopic (exact) mass is 378 g/mol. The lowest BCUT2D eigenvalue weighted by atomic mass is 9.71. The topological polar surface area (TPSA) is 33.3 Å². The van der Waals surface area contributed by atoms with Crippen LogP contribution in [0.4, 0.5) is 0 Å². The van der Waals surface area contributed by atoms with Crippen LogP contribution in [0.25, 0.3) is 0 Å². The Morgan fingerprint density at radius 1 is 1.07 bits per heavy atom. The molecule has 2 aliphatic rings. The minimum absolute atomic E-state index is 0.166. The van der Waals surface area contributed by atoms with Crippen molar-refractivity contribution >= 4 is 0 Å². The van der Waals surface area contributed by atoms with E-state index in [9.17, 15) is 0 Å². The van der Waals surface area contributed by atoms with Gasteiger partial charge in [0.15, 0.2) is 0 Å². The Kier molecular flexibility index (Phi) is 5.75. The molecule has 2 aromatic carbocycles. The lowest BCUT2D eigenvalue weighted by Gasteiger charge is -2.50. The van der Waals surface area contributed by atoms with Crippen molar-refractivity contribution in [1.29, 1.82) is 0 Å². The molecule has 1 unspecified atom stereocenters. The van der Waals surface area contributed by atoms with Gasteiger partial charge in [-0.1, -0.05) is 56.3 Å². The van der Waals surface area contributed by atoms with Gasteiger partial charge < -0.3 is 15.4 Å². The first-order valence-corrected chi connectivity index (χ1v) is 10.8. The molecular weight excluding hydrogens is 344 g/mol. The summed E-state index contributed by atoms with van der Waals surface area (Å²) >= 11 is 0. The van der Waals surface area contributed by atoms with E-state index in [1.807, 2.05) is 0 Å². The molecule has 2 N–H and O–H groups in total. The molecule has 0 saturated carbocycles. The highest BCUT2D eigenvalue weighted by Crippen LogP contribution is 2.43. The van der Waals surface area contributed by atoms with Gasteiger partial charge >= 0.3 is 0 Å². The maximum Gasteiger partial charge on any atom is 0.122 e. The van der Waals surface area contributed by atoms with Crippen LogP contribution in [0.1, 0.15) is 74.1 Å². The maximum absolute atomic E-state index is 5.72. The number of hydrogen-bond donors (Lipinski definition) is 2. The van der Waals surface area contributed by atoms with Gasteiger partial charge in [0.25, 0.3) is 0 Å². The third kappa shape index (κ3) is 3.70. The van der Waals surface area contributed by atoms with Crippen LogP contribution in [-0.2, 0) is 0 Å². The summed E-state index contributed by atoms with van der Waals surface area (Å²) in [6.07, 6.45) is 4.89. The summed E-state index contributed by atoms with van der Waals surface area (Å²) < 4.78 is 5.72. The predicted octanol–water partition coefficient (Wildman–Crippen LogP) is 5.15. The molecule has 3 heteroatoms. The molecule has 0 aliphatic carbocycles. The van der Waals surface area contributed by atoms with Crippen molar-refractivity contribution in [3.8, 4) is 5.75 Å². The average molecular weight is 379 g/mol. The molecule has 0 amide bonds. The van der Waals surface area contributed by atoms with Gasteiger partial charge in [0, 0.05) is 18.0 Å². The summed E-state index contributed by atoms with van der Waals surface area (Å²) in [5, 5.41) is 7.82. The Hall–Kier alpha value is -1.84. The second kappa shape index (κ2) is 8.26. The number of ether oxygens (including phenoxy) is 1. The van der Waals surface area contributed by atoms with Crippen molar-refractivity contribution in [3.63, 3.8) is 0 Å². The first kappa shape index (κ1) is 19.5. The molecule has 3 nitrogen and oxygen atoms in total. The third-order valence-corrected chi connectivity index (χ3v) is 6.83. The first-order chi connectivity index (χ1) is 13.6. The van der Waals surface area contributed by atoms with Crippen LogP contribution >= 0.6 is 0 Å². The van der Waals surface area contributed by atoms with E-state index in [-0.39, 0.29) is 5.54 Å². The fraction of sp³-hybridized carbons (Fsp3) is 0.520. The SMILES string of the molecule is COc1ccc(C(C)C)cc1[C@H]1CC[C@]2(CCCNC2c2ccccc2)NC1. The molecule has 0 aromatic heterocycles. The smallest absolute Gasteiger partial charge is 0.122 e. The molecule has 2 fully saturated rings. The lowest BCUT2D eigenvalue weighted by Crippen LogP contribution is -2.60.